The van der Waals surface area contributed by atoms with Crippen LogP contribution >= 0.6 is 11.6 Å². The highest BCUT2D eigenvalue weighted by molar-refractivity contribution is 7.88. The third-order valence-corrected chi connectivity index (χ3v) is 8.81. The minimum Gasteiger partial charge on any atom is -0.494 e. The number of rotatable bonds is 13. The standard InChI is InChI=1S/C29H37ClN4O5S/c1-3-5-18-38-26-12-10-23(11-13-26)22-40(36,37)33-16-14-32(15-17-33)27-21-31-34(25-9-7-8-24(30)20-25)29(35)28(27)39-19-6-4-2/h7-13,20-21H,3-6,14-19,22H2,1-2H3. The number of piperazine rings is 1. The van der Waals surface area contributed by atoms with Crippen molar-refractivity contribution in [3.63, 3.8) is 0 Å². The van der Waals surface area contributed by atoms with E-state index in [0.29, 0.717) is 61.4 Å². The van der Waals surface area contributed by atoms with Gasteiger partial charge in [-0.25, -0.2) is 8.42 Å². The molecule has 11 heteroatoms. The minimum absolute atomic E-state index is 0.0785. The van der Waals surface area contributed by atoms with Crippen LogP contribution in [0.15, 0.2) is 59.5 Å². The quantitative estimate of drug-likeness (QED) is 0.262. The second-order valence-corrected chi connectivity index (χ2v) is 12.2. The Morgan fingerprint density at radius 3 is 2.25 bits per heavy atom. The molecule has 0 aliphatic carbocycles. The molecule has 0 amide bonds. The molecule has 216 valence electrons. The summed E-state index contributed by atoms with van der Waals surface area (Å²) in [6, 6.07) is 14.1. The largest absolute Gasteiger partial charge is 0.494 e. The van der Waals surface area contributed by atoms with E-state index in [2.05, 4.69) is 18.9 Å². The molecule has 1 aromatic heterocycles. The highest BCUT2D eigenvalue weighted by Gasteiger charge is 2.29. The molecular formula is C29H37ClN4O5S. The van der Waals surface area contributed by atoms with Crippen LogP contribution in [0.25, 0.3) is 5.69 Å². The molecule has 0 N–H and O–H groups in total. The van der Waals surface area contributed by atoms with Crippen molar-refractivity contribution in [1.82, 2.24) is 14.1 Å². The van der Waals surface area contributed by atoms with Crippen molar-refractivity contribution < 1.29 is 17.9 Å². The molecule has 0 saturated carbocycles. The summed E-state index contributed by atoms with van der Waals surface area (Å²) in [7, 11) is -3.52. The Hall–Kier alpha value is -3.08. The molecule has 0 unspecified atom stereocenters. The van der Waals surface area contributed by atoms with E-state index in [9.17, 15) is 13.2 Å². The zero-order chi connectivity index (χ0) is 28.5. The molecular weight excluding hydrogens is 552 g/mol. The van der Waals surface area contributed by atoms with Crippen molar-refractivity contribution in [2.45, 2.75) is 45.3 Å². The Balaban J connectivity index is 1.46. The van der Waals surface area contributed by atoms with Gasteiger partial charge in [-0.1, -0.05) is 56.5 Å². The van der Waals surface area contributed by atoms with Crippen LogP contribution in [0.3, 0.4) is 0 Å². The first-order chi connectivity index (χ1) is 19.3. The number of halogens is 1. The normalized spacial score (nSPS) is 14.3. The average Bonchev–Trinajstić information content (AvgIpc) is 2.95. The van der Waals surface area contributed by atoms with E-state index in [-0.39, 0.29) is 17.1 Å². The highest BCUT2D eigenvalue weighted by atomic mass is 35.5. The van der Waals surface area contributed by atoms with Crippen molar-refractivity contribution in [1.29, 1.82) is 0 Å². The molecule has 4 rings (SSSR count). The SMILES string of the molecule is CCCCOc1ccc(CS(=O)(=O)N2CCN(c3cnn(-c4cccc(Cl)c4)c(=O)c3OCCCC)CC2)cc1. The summed E-state index contributed by atoms with van der Waals surface area (Å²) < 4.78 is 40.8. The van der Waals surface area contributed by atoms with Crippen LogP contribution in [0.1, 0.15) is 45.1 Å². The van der Waals surface area contributed by atoms with Crippen molar-refractivity contribution in [3.8, 4) is 17.2 Å². The van der Waals surface area contributed by atoms with Crippen LogP contribution in [0.2, 0.25) is 5.02 Å². The Bertz CT molecular complexity index is 1420. The predicted octanol–water partition coefficient (Wildman–Crippen LogP) is 4.90. The van der Waals surface area contributed by atoms with Crippen LogP contribution in [0.4, 0.5) is 5.69 Å². The number of hydrogen-bond acceptors (Lipinski definition) is 7. The van der Waals surface area contributed by atoms with Gasteiger partial charge in [0.2, 0.25) is 15.8 Å². The Morgan fingerprint density at radius 2 is 1.60 bits per heavy atom. The van der Waals surface area contributed by atoms with E-state index in [1.807, 2.05) is 17.0 Å². The second kappa shape index (κ2) is 14.0. The monoisotopic (exact) mass is 588 g/mol. The lowest BCUT2D eigenvalue weighted by atomic mass is 10.2. The summed E-state index contributed by atoms with van der Waals surface area (Å²) in [6.45, 7) is 6.62. The van der Waals surface area contributed by atoms with Gasteiger partial charge in [0.25, 0.3) is 0 Å². The second-order valence-electron chi connectivity index (χ2n) is 9.75. The maximum Gasteiger partial charge on any atom is 0.316 e. The van der Waals surface area contributed by atoms with E-state index in [4.69, 9.17) is 21.1 Å². The summed E-state index contributed by atoms with van der Waals surface area (Å²) in [5.74, 6) is 0.872. The van der Waals surface area contributed by atoms with Crippen LogP contribution in [-0.2, 0) is 15.8 Å². The molecule has 9 nitrogen and oxygen atoms in total. The highest BCUT2D eigenvalue weighted by Crippen LogP contribution is 2.27. The van der Waals surface area contributed by atoms with E-state index < -0.39 is 10.0 Å². The lowest BCUT2D eigenvalue weighted by molar-refractivity contribution is 0.301. The number of aromatic nitrogens is 2. The molecule has 1 saturated heterocycles. The van der Waals surface area contributed by atoms with E-state index in [1.54, 1.807) is 42.6 Å². The molecule has 3 aromatic rings. The molecule has 0 spiro atoms. The first kappa shape index (κ1) is 29.9. The molecule has 0 bridgehead atoms. The summed E-state index contributed by atoms with van der Waals surface area (Å²) >= 11 is 6.13. The Morgan fingerprint density at radius 1 is 0.925 bits per heavy atom. The molecule has 1 fully saturated rings. The zero-order valence-electron chi connectivity index (χ0n) is 23.1. The van der Waals surface area contributed by atoms with Crippen LogP contribution in [0, 0.1) is 0 Å². The number of sulfonamides is 1. The third-order valence-electron chi connectivity index (χ3n) is 6.72. The van der Waals surface area contributed by atoms with Crippen LogP contribution in [-0.4, -0.2) is 61.9 Å². The minimum atomic E-state index is -3.52. The number of unbranched alkanes of at least 4 members (excludes halogenated alkanes) is 2. The van der Waals surface area contributed by atoms with Gasteiger partial charge in [0.15, 0.2) is 0 Å². The number of hydrogen-bond donors (Lipinski definition) is 0. The summed E-state index contributed by atoms with van der Waals surface area (Å²) in [5.41, 5.74) is 1.44. The topological polar surface area (TPSA) is 94.0 Å². The zero-order valence-corrected chi connectivity index (χ0v) is 24.7. The average molecular weight is 589 g/mol. The first-order valence-electron chi connectivity index (χ1n) is 13.8. The fraction of sp³-hybridized carbons (Fsp3) is 0.448. The molecule has 0 radical (unpaired) electrons. The summed E-state index contributed by atoms with van der Waals surface area (Å²) in [5, 5.41) is 4.89. The third kappa shape index (κ3) is 7.56. The first-order valence-corrected chi connectivity index (χ1v) is 15.8. The van der Waals surface area contributed by atoms with Crippen molar-refractivity contribution in [3.05, 3.63) is 75.7 Å². The predicted molar refractivity (Wildman–Crippen MR) is 159 cm³/mol. The van der Waals surface area contributed by atoms with Gasteiger partial charge in [-0.05, 0) is 48.7 Å². The Labute approximate surface area is 241 Å². The fourth-order valence-corrected chi connectivity index (χ4v) is 6.13. The van der Waals surface area contributed by atoms with Gasteiger partial charge in [-0.3, -0.25) is 4.79 Å². The fourth-order valence-electron chi connectivity index (χ4n) is 4.43. The van der Waals surface area contributed by atoms with Gasteiger partial charge in [0.1, 0.15) is 11.4 Å². The van der Waals surface area contributed by atoms with Gasteiger partial charge < -0.3 is 14.4 Å². The maximum absolute atomic E-state index is 13.5. The maximum atomic E-state index is 13.5. The van der Waals surface area contributed by atoms with Crippen molar-refractivity contribution in [2.75, 3.05) is 44.3 Å². The molecule has 0 atom stereocenters. The molecule has 1 aliphatic rings. The number of anilines is 1. The molecule has 1 aliphatic heterocycles. The van der Waals surface area contributed by atoms with Gasteiger partial charge in [0, 0.05) is 31.2 Å². The molecule has 2 heterocycles. The smallest absolute Gasteiger partial charge is 0.316 e. The van der Waals surface area contributed by atoms with Gasteiger partial charge in [0.05, 0.1) is 30.9 Å². The van der Waals surface area contributed by atoms with Crippen LogP contribution in [0.5, 0.6) is 11.5 Å². The molecule has 40 heavy (non-hydrogen) atoms. The summed E-state index contributed by atoms with van der Waals surface area (Å²) in [4.78, 5) is 15.4. The van der Waals surface area contributed by atoms with E-state index in [0.717, 1.165) is 31.4 Å². The number of benzene rings is 2. The van der Waals surface area contributed by atoms with Crippen LogP contribution < -0.4 is 19.9 Å². The van der Waals surface area contributed by atoms with Crippen molar-refractivity contribution >= 4 is 27.3 Å². The van der Waals surface area contributed by atoms with E-state index >= 15 is 0 Å². The number of ether oxygens (including phenoxy) is 2. The van der Waals surface area contributed by atoms with Crippen molar-refractivity contribution in [2.24, 2.45) is 0 Å². The summed E-state index contributed by atoms with van der Waals surface area (Å²) in [6.07, 6.45) is 5.37. The van der Waals surface area contributed by atoms with Gasteiger partial charge in [-0.15, -0.1) is 0 Å². The lowest BCUT2D eigenvalue weighted by Gasteiger charge is -2.35. The van der Waals surface area contributed by atoms with Gasteiger partial charge >= 0.3 is 5.56 Å². The molecule has 2 aromatic carbocycles. The van der Waals surface area contributed by atoms with E-state index in [1.165, 1.54) is 8.99 Å². The lowest BCUT2D eigenvalue weighted by Crippen LogP contribution is -2.49. The Kier molecular flexibility index (Phi) is 10.5. The number of nitrogens with zero attached hydrogens (tertiary/aromatic N) is 4. The van der Waals surface area contributed by atoms with Gasteiger partial charge in [-0.2, -0.15) is 14.1 Å².